The van der Waals surface area contributed by atoms with E-state index in [9.17, 15) is 39.6 Å². The average molecular weight is 959 g/mol. The molecule has 6 rings (SSSR count). The van der Waals surface area contributed by atoms with Crippen LogP contribution < -0.4 is 31.9 Å². The molecule has 366 valence electrons. The van der Waals surface area contributed by atoms with Gasteiger partial charge in [-0.3, -0.25) is 0 Å². The van der Waals surface area contributed by atoms with Crippen molar-refractivity contribution < 1.29 is 49.1 Å². The van der Waals surface area contributed by atoms with Crippen molar-refractivity contribution in [3.05, 3.63) is 144 Å². The Morgan fingerprint density at radius 3 is 0.814 bits per heavy atom. The Labute approximate surface area is 402 Å². The minimum atomic E-state index is -1.14. The fourth-order valence-corrected chi connectivity index (χ4v) is 6.78. The van der Waals surface area contributed by atoms with Crippen LogP contribution in [0.2, 0.25) is 0 Å². The van der Waals surface area contributed by atoms with Gasteiger partial charge in [-0.15, -0.1) is 0 Å². The molecule has 0 saturated carbocycles. The molecule has 22 heteroatoms. The molecule has 4 atom stereocenters. The van der Waals surface area contributed by atoms with Gasteiger partial charge in [-0.2, -0.15) is 29.9 Å². The molecule has 0 saturated heterocycles. The summed E-state index contributed by atoms with van der Waals surface area (Å²) in [6, 6.07) is 31.7. The van der Waals surface area contributed by atoms with Gasteiger partial charge in [-0.1, -0.05) is 121 Å². The van der Waals surface area contributed by atoms with Crippen LogP contribution in [0.4, 0.5) is 35.7 Å². The maximum absolute atomic E-state index is 12.3. The summed E-state index contributed by atoms with van der Waals surface area (Å²) >= 11 is 0. The fourth-order valence-electron chi connectivity index (χ4n) is 6.78. The Balaban J connectivity index is 1.02. The number of aromatic nitrogens is 6. The van der Waals surface area contributed by atoms with E-state index in [0.717, 1.165) is 22.3 Å². The Kier molecular flexibility index (Phi) is 19.4. The van der Waals surface area contributed by atoms with Gasteiger partial charge in [0.2, 0.25) is 35.7 Å². The minimum Gasteiger partial charge on any atom is -0.480 e. The topological polar surface area (TPSA) is 317 Å². The second-order valence-corrected chi connectivity index (χ2v) is 15.6. The Morgan fingerprint density at radius 2 is 0.586 bits per heavy atom. The molecule has 0 fully saturated rings. The lowest BCUT2D eigenvalue weighted by atomic mass is 10.1. The second-order valence-electron chi connectivity index (χ2n) is 15.6. The SMILES string of the molecule is O=C(O)[C@H](Cc1ccccc1)Nc1nc(NCCOCCOCCNc2nc(N[C@@H](Cc3ccccc3)C(=O)O)nc(N[C@@H](Cc3ccccc3)C(=O)O)n2)nc(N[C@@H](Cc2ccccc2)C(=O)O)n1. The van der Waals surface area contributed by atoms with E-state index >= 15 is 0 Å². The normalized spacial score (nSPS) is 12.6. The molecule has 0 spiro atoms. The predicted molar refractivity (Wildman–Crippen MR) is 259 cm³/mol. The number of carbonyl (C=O) groups is 4. The molecular weight excluding hydrogens is 905 g/mol. The van der Waals surface area contributed by atoms with E-state index in [4.69, 9.17) is 9.47 Å². The van der Waals surface area contributed by atoms with E-state index in [1.54, 1.807) is 97.1 Å². The zero-order chi connectivity index (χ0) is 49.5. The van der Waals surface area contributed by atoms with E-state index in [2.05, 4.69) is 61.8 Å². The van der Waals surface area contributed by atoms with E-state index < -0.39 is 48.0 Å². The summed E-state index contributed by atoms with van der Waals surface area (Å²) < 4.78 is 11.4. The molecule has 2 heterocycles. The number of aliphatic carboxylic acids is 4. The second kappa shape index (κ2) is 26.7. The van der Waals surface area contributed by atoms with Crippen LogP contribution in [0.3, 0.4) is 0 Å². The van der Waals surface area contributed by atoms with Gasteiger partial charge in [0.1, 0.15) is 24.2 Å². The van der Waals surface area contributed by atoms with Gasteiger partial charge in [-0.05, 0) is 22.3 Å². The van der Waals surface area contributed by atoms with Gasteiger partial charge in [0.15, 0.2) is 0 Å². The molecule has 6 aromatic rings. The van der Waals surface area contributed by atoms with Crippen molar-refractivity contribution in [1.82, 2.24) is 29.9 Å². The quantitative estimate of drug-likeness (QED) is 0.0275. The number of rotatable bonds is 31. The molecule has 0 aliphatic heterocycles. The summed E-state index contributed by atoms with van der Waals surface area (Å²) in [5.41, 5.74) is 3.08. The third kappa shape index (κ3) is 17.3. The third-order valence-corrected chi connectivity index (χ3v) is 10.2. The lowest BCUT2D eigenvalue weighted by molar-refractivity contribution is -0.138. The minimum absolute atomic E-state index is 0.0398. The number of carboxylic acids is 4. The largest absolute Gasteiger partial charge is 0.480 e. The van der Waals surface area contributed by atoms with Crippen LogP contribution in [-0.4, -0.2) is 138 Å². The Hall–Kier alpha value is -8.50. The van der Waals surface area contributed by atoms with Crippen molar-refractivity contribution >= 4 is 59.6 Å². The summed E-state index contributed by atoms with van der Waals surface area (Å²) in [6.45, 7) is 1.16. The summed E-state index contributed by atoms with van der Waals surface area (Å²) in [4.78, 5) is 75.2. The van der Waals surface area contributed by atoms with E-state index in [-0.39, 0.29) is 101 Å². The average Bonchev–Trinajstić information content (AvgIpc) is 3.35. The number of anilines is 6. The van der Waals surface area contributed by atoms with Gasteiger partial charge < -0.3 is 61.8 Å². The Morgan fingerprint density at radius 1 is 0.357 bits per heavy atom. The third-order valence-electron chi connectivity index (χ3n) is 10.2. The summed E-state index contributed by atoms with van der Waals surface area (Å²) in [7, 11) is 0. The molecule has 22 nitrogen and oxygen atoms in total. The number of nitrogens with one attached hydrogen (secondary N) is 6. The number of hydrogen-bond donors (Lipinski definition) is 10. The van der Waals surface area contributed by atoms with Crippen LogP contribution in [0.15, 0.2) is 121 Å². The summed E-state index contributed by atoms with van der Waals surface area (Å²) in [5.74, 6) is -4.85. The highest BCUT2D eigenvalue weighted by atomic mass is 16.5. The number of nitrogens with zero attached hydrogens (tertiary/aromatic N) is 6. The smallest absolute Gasteiger partial charge is 0.326 e. The van der Waals surface area contributed by atoms with Crippen molar-refractivity contribution in [3.63, 3.8) is 0 Å². The highest BCUT2D eigenvalue weighted by Crippen LogP contribution is 2.18. The lowest BCUT2D eigenvalue weighted by Crippen LogP contribution is -2.34. The van der Waals surface area contributed by atoms with Crippen LogP contribution in [0.5, 0.6) is 0 Å². The molecule has 0 aliphatic carbocycles. The van der Waals surface area contributed by atoms with Gasteiger partial charge in [-0.25, -0.2) is 19.2 Å². The van der Waals surface area contributed by atoms with Crippen molar-refractivity contribution in [3.8, 4) is 0 Å². The van der Waals surface area contributed by atoms with E-state index in [1.165, 1.54) is 0 Å². The maximum atomic E-state index is 12.3. The van der Waals surface area contributed by atoms with E-state index in [1.807, 2.05) is 24.3 Å². The predicted octanol–water partition coefficient (Wildman–Crippen LogP) is 4.05. The molecule has 4 aromatic carbocycles. The number of hydrogen-bond acceptors (Lipinski definition) is 18. The molecule has 0 aliphatic rings. The first kappa shape index (κ1) is 50.9. The first-order chi connectivity index (χ1) is 34.0. The Bertz CT molecular complexity index is 2250. The first-order valence-corrected chi connectivity index (χ1v) is 22.3. The summed E-state index contributed by atoms with van der Waals surface area (Å²) in [6.07, 6.45) is 0.478. The molecule has 70 heavy (non-hydrogen) atoms. The van der Waals surface area contributed by atoms with Gasteiger partial charge in [0.25, 0.3) is 0 Å². The monoisotopic (exact) mass is 958 g/mol. The van der Waals surface area contributed by atoms with Crippen LogP contribution in [0.1, 0.15) is 22.3 Å². The highest BCUT2D eigenvalue weighted by Gasteiger charge is 2.25. The highest BCUT2D eigenvalue weighted by molar-refractivity contribution is 5.79. The van der Waals surface area contributed by atoms with Crippen molar-refractivity contribution in [1.29, 1.82) is 0 Å². The van der Waals surface area contributed by atoms with Gasteiger partial charge >= 0.3 is 23.9 Å². The van der Waals surface area contributed by atoms with Crippen molar-refractivity contribution in [2.45, 2.75) is 49.9 Å². The molecule has 2 aromatic heterocycles. The standard InChI is InChI=1S/C48H54N12O10/c61-39(62)35(27-31-13-5-1-6-14-31)51-45-55-43(56-46(59-45)52-36(40(63)64)28-32-15-7-2-8-16-32)49-21-23-69-25-26-70-24-22-50-44-57-47(53-37(41(65)66)29-33-17-9-3-10-18-33)60-48(58-44)54-38(42(67)68)30-34-19-11-4-12-20-34/h1-20,35-38H,21-30H2,(H,61,62)(H,63,64)(H,65,66)(H,67,68)(H3,49,51,52,55,56,59)(H3,50,53,54,57,58,60)/t35-,36-,37-,38-/m0/s1. The number of benzene rings is 4. The summed E-state index contributed by atoms with van der Waals surface area (Å²) in [5, 5.41) is 57.5. The van der Waals surface area contributed by atoms with Crippen LogP contribution >= 0.6 is 0 Å². The number of carboxylic acid groups (broad SMARTS) is 4. The van der Waals surface area contributed by atoms with Gasteiger partial charge in [0, 0.05) is 38.8 Å². The van der Waals surface area contributed by atoms with Crippen LogP contribution in [-0.2, 0) is 54.3 Å². The fraction of sp³-hybridized carbons (Fsp3) is 0.292. The molecule has 0 amide bonds. The molecule has 0 unspecified atom stereocenters. The zero-order valence-electron chi connectivity index (χ0n) is 37.8. The molecular formula is C48H54N12O10. The lowest BCUT2D eigenvalue weighted by Gasteiger charge is -2.18. The van der Waals surface area contributed by atoms with E-state index in [0.29, 0.717) is 0 Å². The van der Waals surface area contributed by atoms with Crippen LogP contribution in [0.25, 0.3) is 0 Å². The van der Waals surface area contributed by atoms with Crippen LogP contribution in [0, 0.1) is 0 Å². The molecule has 10 N–H and O–H groups in total. The zero-order valence-corrected chi connectivity index (χ0v) is 37.8. The van der Waals surface area contributed by atoms with Crippen molar-refractivity contribution in [2.75, 3.05) is 71.4 Å². The molecule has 0 bridgehead atoms. The van der Waals surface area contributed by atoms with Crippen molar-refractivity contribution in [2.24, 2.45) is 0 Å². The number of ether oxygens (including phenoxy) is 2. The molecule has 0 radical (unpaired) electrons. The maximum Gasteiger partial charge on any atom is 0.326 e. The van der Waals surface area contributed by atoms with Gasteiger partial charge in [0.05, 0.1) is 26.4 Å². The first-order valence-electron chi connectivity index (χ1n) is 22.3.